The molecular formula is C30H48N8+4. The predicted molar refractivity (Wildman–Crippen MR) is 157 cm³/mol. The van der Waals surface area contributed by atoms with Gasteiger partial charge in [0.25, 0.3) is 40.8 Å². The van der Waals surface area contributed by atoms with Gasteiger partial charge in [0, 0.05) is 44.9 Å². The molecule has 0 aromatic heterocycles. The Balaban J connectivity index is 0.000000209. The van der Waals surface area contributed by atoms with Crippen molar-refractivity contribution in [2.75, 3.05) is 0 Å². The second-order valence-electron chi connectivity index (χ2n) is 11.1. The van der Waals surface area contributed by atoms with Gasteiger partial charge in [-0.1, -0.05) is 106 Å². The van der Waals surface area contributed by atoms with Crippen molar-refractivity contribution < 1.29 is 18.3 Å². The largest absolute Gasteiger partial charge is 0.488 e. The molecule has 38 heavy (non-hydrogen) atoms. The van der Waals surface area contributed by atoms with Crippen LogP contribution in [0.5, 0.6) is 0 Å². The lowest BCUT2D eigenvalue weighted by molar-refractivity contribution is -1.06. The van der Waals surface area contributed by atoms with E-state index in [4.69, 9.17) is 20.0 Å². The van der Waals surface area contributed by atoms with Crippen molar-refractivity contribution in [3.05, 3.63) is 0 Å². The molecule has 0 fully saturated rings. The molecule has 0 unspecified atom stereocenters. The summed E-state index contributed by atoms with van der Waals surface area (Å²) < 4.78 is 9.44. The van der Waals surface area contributed by atoms with Crippen LogP contribution in [-0.2, 0) is 0 Å². The highest BCUT2D eigenvalue weighted by Crippen LogP contribution is 2.39. The monoisotopic (exact) mass is 520 g/mol. The molecular weight excluding hydrogens is 472 g/mol. The molecule has 0 N–H and O–H groups in total. The third-order valence-corrected chi connectivity index (χ3v) is 8.25. The first-order valence-corrected chi connectivity index (χ1v) is 15.6. The quantitative estimate of drug-likeness (QED) is 0.284. The Morgan fingerprint density at radius 2 is 1.08 bits per heavy atom. The minimum absolute atomic E-state index is 0.485. The number of unbranched alkanes of at least 4 members (excludes halogenated alkanes) is 6. The first kappa shape index (κ1) is 26.9. The second kappa shape index (κ2) is 11.6. The predicted octanol–water partition coefficient (Wildman–Crippen LogP) is 5.87. The molecule has 1 spiro atoms. The third kappa shape index (κ3) is 4.28. The highest BCUT2D eigenvalue weighted by atomic mass is 15.7. The summed E-state index contributed by atoms with van der Waals surface area (Å²) in [6.07, 6.45) is 20.9. The SMILES string of the molecule is CCCC1=NC2=[N+]3C(=NC4=[N+]5C(=NC6=[N+]7C(=NC=[N+]1[C@@]375)CC6)CC4)CC2.CCCCC.CCCCCCC. The summed E-state index contributed by atoms with van der Waals surface area (Å²) in [6.45, 7) is 11.1. The number of rotatable bonds is 8. The summed E-state index contributed by atoms with van der Waals surface area (Å²) >= 11 is 0. The molecule has 0 aliphatic carbocycles. The van der Waals surface area contributed by atoms with Gasteiger partial charge in [-0.05, 0) is 6.42 Å². The number of hydrogen-bond donors (Lipinski definition) is 0. The van der Waals surface area contributed by atoms with E-state index >= 15 is 0 Å². The van der Waals surface area contributed by atoms with Crippen LogP contribution < -0.4 is 0 Å². The van der Waals surface area contributed by atoms with Crippen LogP contribution in [0.3, 0.4) is 0 Å². The van der Waals surface area contributed by atoms with Crippen LogP contribution in [0, 0.1) is 0 Å². The molecule has 1 atom stereocenters. The molecule has 7 aliphatic rings. The van der Waals surface area contributed by atoms with Crippen LogP contribution in [0.25, 0.3) is 0 Å². The molecule has 0 bridgehead atoms. The third-order valence-electron chi connectivity index (χ3n) is 8.25. The van der Waals surface area contributed by atoms with Crippen molar-refractivity contribution in [1.82, 2.24) is 0 Å². The summed E-state index contributed by atoms with van der Waals surface area (Å²) in [7, 11) is 0. The molecule has 0 aromatic carbocycles. The average Bonchev–Trinajstić information content (AvgIpc) is 3.65. The van der Waals surface area contributed by atoms with Gasteiger partial charge < -0.3 is 0 Å². The fourth-order valence-corrected chi connectivity index (χ4v) is 6.48. The Kier molecular flexibility index (Phi) is 8.24. The van der Waals surface area contributed by atoms with E-state index in [9.17, 15) is 0 Å². The van der Waals surface area contributed by atoms with Gasteiger partial charge in [-0.3, -0.25) is 0 Å². The fourth-order valence-electron chi connectivity index (χ4n) is 6.48. The van der Waals surface area contributed by atoms with E-state index in [-0.39, 0.29) is 0 Å². The number of hydrogen-bond acceptors (Lipinski definition) is 4. The second-order valence-corrected chi connectivity index (χ2v) is 11.1. The molecule has 7 aliphatic heterocycles. The molecule has 0 aromatic rings. The van der Waals surface area contributed by atoms with E-state index in [1.807, 2.05) is 6.34 Å². The van der Waals surface area contributed by atoms with E-state index in [1.54, 1.807) is 0 Å². The maximum absolute atomic E-state index is 5.06. The zero-order chi connectivity index (χ0) is 26.7. The Bertz CT molecular complexity index is 1210. The molecule has 8 heteroatoms. The maximum atomic E-state index is 5.06. The molecule has 0 saturated heterocycles. The zero-order valence-corrected chi connectivity index (χ0v) is 24.5. The van der Waals surface area contributed by atoms with E-state index in [2.05, 4.69) is 52.9 Å². The van der Waals surface area contributed by atoms with E-state index < -0.39 is 5.91 Å². The Labute approximate surface area is 228 Å². The van der Waals surface area contributed by atoms with Crippen molar-refractivity contribution in [3.8, 4) is 0 Å². The molecule has 7 rings (SSSR count). The van der Waals surface area contributed by atoms with Gasteiger partial charge in [0.2, 0.25) is 6.34 Å². The van der Waals surface area contributed by atoms with Gasteiger partial charge in [0.05, 0.1) is 0 Å². The standard InChI is InChI=1S/C18H20N8.C7H16.C5H12/c1-2-3-12-20-13-6-7-16-22-17-9-8-15-21-14-5-4-11-19-10-23(12)18(24(11)14,25(13)16)26(15)17;1-3-5-7-6-4-2;1-3-5-4-2/h10H,2-9H2,1H3;3-7H2,1-2H3;3-5H2,1-2H3/q+4;;/t18-;;/m0../s1. The fraction of sp³-hybridized carbons (Fsp3) is 0.733. The van der Waals surface area contributed by atoms with E-state index in [0.29, 0.717) is 0 Å². The smallest absolute Gasteiger partial charge is 0.132 e. The first-order chi connectivity index (χ1) is 18.6. The van der Waals surface area contributed by atoms with Crippen LogP contribution >= 0.6 is 0 Å². The van der Waals surface area contributed by atoms with Gasteiger partial charge in [-0.25, -0.2) is 0 Å². The summed E-state index contributed by atoms with van der Waals surface area (Å²) in [5, 5.41) is 0. The lowest BCUT2D eigenvalue weighted by atomic mass is 10.2. The summed E-state index contributed by atoms with van der Waals surface area (Å²) in [6, 6.07) is 0. The highest BCUT2D eigenvalue weighted by molar-refractivity contribution is 6.10. The van der Waals surface area contributed by atoms with Gasteiger partial charge in [-0.2, -0.15) is 0 Å². The van der Waals surface area contributed by atoms with E-state index in [1.165, 1.54) is 51.4 Å². The minimum atomic E-state index is -0.485. The molecule has 7 heterocycles. The molecule has 0 amide bonds. The van der Waals surface area contributed by atoms with Crippen LogP contribution in [-0.4, -0.2) is 71.4 Å². The summed E-state index contributed by atoms with van der Waals surface area (Å²) in [5.74, 6) is 7.51. The van der Waals surface area contributed by atoms with Crippen molar-refractivity contribution >= 4 is 47.2 Å². The van der Waals surface area contributed by atoms with Gasteiger partial charge in [0.15, 0.2) is 0 Å². The Morgan fingerprint density at radius 3 is 1.58 bits per heavy atom. The van der Waals surface area contributed by atoms with Crippen LogP contribution in [0.4, 0.5) is 0 Å². The Hall–Kier alpha value is -2.64. The zero-order valence-electron chi connectivity index (χ0n) is 24.5. The van der Waals surface area contributed by atoms with Gasteiger partial charge in [0.1, 0.15) is 0 Å². The number of aliphatic imine (C=N–C) groups is 4. The van der Waals surface area contributed by atoms with E-state index in [0.717, 1.165) is 92.2 Å². The van der Waals surface area contributed by atoms with Gasteiger partial charge >= 0.3 is 5.91 Å². The highest BCUT2D eigenvalue weighted by Gasteiger charge is 2.73. The lowest BCUT2D eigenvalue weighted by Gasteiger charge is -2.38. The van der Waals surface area contributed by atoms with Gasteiger partial charge in [-0.15, -0.1) is 18.3 Å². The number of nitrogens with zero attached hydrogens (tertiary/aromatic N) is 8. The topological polar surface area (TPSA) is 61.5 Å². The van der Waals surface area contributed by atoms with Crippen LogP contribution in [0.15, 0.2) is 20.0 Å². The minimum Gasteiger partial charge on any atom is -0.132 e. The van der Waals surface area contributed by atoms with Crippen molar-refractivity contribution in [2.45, 2.75) is 143 Å². The van der Waals surface area contributed by atoms with Crippen molar-refractivity contribution in [2.24, 2.45) is 20.0 Å². The normalized spacial score (nSPS) is 24.9. The lowest BCUT2D eigenvalue weighted by Crippen LogP contribution is -2.76. The van der Waals surface area contributed by atoms with Crippen molar-refractivity contribution in [3.63, 3.8) is 0 Å². The average molecular weight is 521 g/mol. The summed E-state index contributed by atoms with van der Waals surface area (Å²) in [5.41, 5.74) is 0. The van der Waals surface area contributed by atoms with Crippen LogP contribution in [0.2, 0.25) is 0 Å². The van der Waals surface area contributed by atoms with Crippen molar-refractivity contribution in [1.29, 1.82) is 0 Å². The molecule has 0 saturated carbocycles. The Morgan fingerprint density at radius 1 is 0.579 bits per heavy atom. The summed E-state index contributed by atoms with van der Waals surface area (Å²) in [4.78, 5) is 19.9. The maximum Gasteiger partial charge on any atom is 0.488 e. The molecule has 0 radical (unpaired) electrons. The van der Waals surface area contributed by atoms with Crippen LogP contribution in [0.1, 0.15) is 137 Å². The molecule has 204 valence electrons. The number of amidine groups is 7. The molecule has 8 nitrogen and oxygen atoms in total. The first-order valence-electron chi connectivity index (χ1n) is 15.6.